The van der Waals surface area contributed by atoms with Gasteiger partial charge in [0.2, 0.25) is 5.91 Å². The number of para-hydroxylation sites is 1. The maximum Gasteiger partial charge on any atom is 0.230 e. The molecule has 0 saturated carbocycles. The first-order valence-electron chi connectivity index (χ1n) is 9.52. The van der Waals surface area contributed by atoms with Crippen molar-refractivity contribution in [1.29, 1.82) is 0 Å². The number of pyridine rings is 1. The lowest BCUT2D eigenvalue weighted by Crippen LogP contribution is -2.16. The summed E-state index contributed by atoms with van der Waals surface area (Å²) in [5.41, 5.74) is 6.43. The molecule has 0 fully saturated rings. The number of halogens is 1. The van der Waals surface area contributed by atoms with E-state index in [-0.39, 0.29) is 18.1 Å². The number of imidazole rings is 1. The van der Waals surface area contributed by atoms with Gasteiger partial charge in [0.25, 0.3) is 0 Å². The third-order valence-corrected chi connectivity index (χ3v) is 5.04. The largest absolute Gasteiger partial charge is 0.326 e. The molecule has 4 aromatic rings. The van der Waals surface area contributed by atoms with Gasteiger partial charge in [-0.05, 0) is 67.8 Å². The summed E-state index contributed by atoms with van der Waals surface area (Å²) >= 11 is 0. The zero-order valence-electron chi connectivity index (χ0n) is 16.7. The van der Waals surface area contributed by atoms with E-state index in [9.17, 15) is 9.18 Å². The molecule has 0 aliphatic heterocycles. The number of anilines is 1. The zero-order chi connectivity index (χ0) is 20.5. The summed E-state index contributed by atoms with van der Waals surface area (Å²) in [5, 5.41) is 2.99. The molecule has 146 valence electrons. The molecule has 0 saturated heterocycles. The summed E-state index contributed by atoms with van der Waals surface area (Å²) in [7, 11) is 0. The van der Waals surface area contributed by atoms with E-state index in [0.29, 0.717) is 11.3 Å². The summed E-state index contributed by atoms with van der Waals surface area (Å²) in [6.07, 6.45) is 2.13. The third-order valence-electron chi connectivity index (χ3n) is 5.04. The van der Waals surface area contributed by atoms with Gasteiger partial charge < -0.3 is 9.72 Å². The minimum absolute atomic E-state index is 0.123. The van der Waals surface area contributed by atoms with Crippen LogP contribution in [0.5, 0.6) is 0 Å². The maximum absolute atomic E-state index is 13.8. The molecule has 0 aliphatic rings. The summed E-state index contributed by atoms with van der Waals surface area (Å²) in [6, 6.07) is 16.5. The first-order valence-corrected chi connectivity index (χ1v) is 9.52. The number of hydrogen-bond acceptors (Lipinski definition) is 2. The molecule has 0 bridgehead atoms. The molecule has 2 aromatic carbocycles. The Morgan fingerprint density at radius 1 is 1.03 bits per heavy atom. The van der Waals surface area contributed by atoms with Crippen molar-refractivity contribution in [3.63, 3.8) is 0 Å². The van der Waals surface area contributed by atoms with E-state index >= 15 is 0 Å². The van der Waals surface area contributed by atoms with Gasteiger partial charge >= 0.3 is 0 Å². The minimum Gasteiger partial charge on any atom is -0.326 e. The lowest BCUT2D eigenvalue weighted by Gasteiger charge is -2.10. The van der Waals surface area contributed by atoms with E-state index in [1.807, 2.05) is 60.8 Å². The van der Waals surface area contributed by atoms with Gasteiger partial charge in [0.05, 0.1) is 17.8 Å². The van der Waals surface area contributed by atoms with Crippen molar-refractivity contribution in [2.24, 2.45) is 0 Å². The van der Waals surface area contributed by atoms with Crippen molar-refractivity contribution >= 4 is 17.2 Å². The number of aromatic nitrogens is 2. The molecule has 1 amide bonds. The molecule has 4 nitrogen and oxygen atoms in total. The molecule has 1 N–H and O–H groups in total. The highest BCUT2D eigenvalue weighted by Crippen LogP contribution is 2.27. The number of benzene rings is 2. The van der Waals surface area contributed by atoms with Crippen LogP contribution in [-0.2, 0) is 11.2 Å². The van der Waals surface area contributed by atoms with Crippen molar-refractivity contribution < 1.29 is 9.18 Å². The van der Waals surface area contributed by atoms with Gasteiger partial charge in [-0.3, -0.25) is 4.79 Å². The van der Waals surface area contributed by atoms with Crippen LogP contribution in [0.15, 0.2) is 60.8 Å². The first kappa shape index (κ1) is 18.9. The van der Waals surface area contributed by atoms with Crippen LogP contribution < -0.4 is 5.32 Å². The van der Waals surface area contributed by atoms with Crippen LogP contribution in [-0.4, -0.2) is 15.3 Å². The van der Waals surface area contributed by atoms with E-state index in [1.165, 1.54) is 6.07 Å². The first-order chi connectivity index (χ1) is 13.9. The minimum atomic E-state index is -0.257. The number of amides is 1. The third kappa shape index (κ3) is 3.76. The maximum atomic E-state index is 13.8. The van der Waals surface area contributed by atoms with Crippen LogP contribution >= 0.6 is 0 Å². The van der Waals surface area contributed by atoms with Crippen molar-refractivity contribution in [3.8, 4) is 11.3 Å². The van der Waals surface area contributed by atoms with Crippen molar-refractivity contribution in [2.45, 2.75) is 27.2 Å². The van der Waals surface area contributed by atoms with Crippen molar-refractivity contribution in [2.75, 3.05) is 5.32 Å². The second kappa shape index (κ2) is 7.51. The number of aryl methyl sites for hydroxylation is 3. The van der Waals surface area contributed by atoms with E-state index in [0.717, 1.165) is 33.7 Å². The lowest BCUT2D eigenvalue weighted by molar-refractivity contribution is -0.115. The fraction of sp³-hybridized carbons (Fsp3) is 0.167. The number of fused-ring (bicyclic) bond motifs is 1. The highest BCUT2D eigenvalue weighted by atomic mass is 19.1. The molecule has 0 atom stereocenters. The summed E-state index contributed by atoms with van der Waals surface area (Å²) < 4.78 is 15.7. The number of carbonyl (C=O) groups excluding carboxylic acids is 1. The van der Waals surface area contributed by atoms with Crippen LogP contribution in [0.4, 0.5) is 10.1 Å². The Balaban J connectivity index is 1.77. The Kier molecular flexibility index (Phi) is 4.89. The Bertz CT molecular complexity index is 1230. The molecule has 2 aromatic heterocycles. The standard InChI is InChI=1S/C24H22FN3O/c1-15-8-11-22-27-24(18-9-10-19(25)17(3)12-18)21(28(22)14-15)13-23(29)26-20-7-5-4-6-16(20)2/h4-12,14H,13H2,1-3H3,(H,26,29). The molecule has 0 spiro atoms. The van der Waals surface area contributed by atoms with E-state index in [4.69, 9.17) is 4.98 Å². The van der Waals surface area contributed by atoms with Gasteiger partial charge in [-0.1, -0.05) is 24.3 Å². The smallest absolute Gasteiger partial charge is 0.230 e. The summed E-state index contributed by atoms with van der Waals surface area (Å²) in [5.74, 6) is -0.380. The molecular formula is C24H22FN3O. The molecule has 4 rings (SSSR count). The molecule has 0 unspecified atom stereocenters. The number of hydrogen-bond donors (Lipinski definition) is 1. The highest BCUT2D eigenvalue weighted by molar-refractivity contribution is 5.93. The predicted molar refractivity (Wildman–Crippen MR) is 114 cm³/mol. The number of carbonyl (C=O) groups is 1. The van der Waals surface area contributed by atoms with Crippen LogP contribution in [0.1, 0.15) is 22.4 Å². The van der Waals surface area contributed by atoms with E-state index in [2.05, 4.69) is 5.32 Å². The average Bonchev–Trinajstić information content (AvgIpc) is 3.03. The highest BCUT2D eigenvalue weighted by Gasteiger charge is 2.18. The van der Waals surface area contributed by atoms with Gasteiger partial charge in [0.1, 0.15) is 11.5 Å². The number of rotatable bonds is 4. The Morgan fingerprint density at radius 3 is 2.59 bits per heavy atom. The topological polar surface area (TPSA) is 46.4 Å². The Labute approximate surface area is 169 Å². The second-order valence-corrected chi connectivity index (χ2v) is 7.35. The number of nitrogens with one attached hydrogen (secondary N) is 1. The summed E-state index contributed by atoms with van der Waals surface area (Å²) in [6.45, 7) is 5.68. The fourth-order valence-corrected chi connectivity index (χ4v) is 3.45. The van der Waals surface area contributed by atoms with Gasteiger partial charge in [0.15, 0.2) is 0 Å². The second-order valence-electron chi connectivity index (χ2n) is 7.35. The molecule has 29 heavy (non-hydrogen) atoms. The normalized spacial score (nSPS) is 11.0. The zero-order valence-corrected chi connectivity index (χ0v) is 16.7. The molecule has 2 heterocycles. The van der Waals surface area contributed by atoms with Crippen molar-refractivity contribution in [1.82, 2.24) is 9.38 Å². The van der Waals surface area contributed by atoms with Gasteiger partial charge in [-0.15, -0.1) is 0 Å². The lowest BCUT2D eigenvalue weighted by atomic mass is 10.1. The van der Waals surface area contributed by atoms with Crippen LogP contribution in [0.25, 0.3) is 16.9 Å². The Hall–Kier alpha value is -3.47. The molecule has 0 radical (unpaired) electrons. The monoisotopic (exact) mass is 387 g/mol. The van der Waals surface area contributed by atoms with Crippen LogP contribution in [0.3, 0.4) is 0 Å². The van der Waals surface area contributed by atoms with E-state index < -0.39 is 0 Å². The number of nitrogens with zero attached hydrogens (tertiary/aromatic N) is 2. The van der Waals surface area contributed by atoms with Gasteiger partial charge in [-0.25, -0.2) is 9.37 Å². The predicted octanol–water partition coefficient (Wildman–Crippen LogP) is 5.25. The van der Waals surface area contributed by atoms with E-state index in [1.54, 1.807) is 19.1 Å². The van der Waals surface area contributed by atoms with Crippen LogP contribution in [0, 0.1) is 26.6 Å². The summed E-state index contributed by atoms with van der Waals surface area (Å²) in [4.78, 5) is 17.6. The van der Waals surface area contributed by atoms with Crippen LogP contribution in [0.2, 0.25) is 0 Å². The van der Waals surface area contributed by atoms with Crippen molar-refractivity contribution in [3.05, 3.63) is 89.0 Å². The van der Waals surface area contributed by atoms with Gasteiger partial charge in [-0.2, -0.15) is 0 Å². The Morgan fingerprint density at radius 2 is 1.83 bits per heavy atom. The molecule has 0 aliphatic carbocycles. The fourth-order valence-electron chi connectivity index (χ4n) is 3.45. The average molecular weight is 387 g/mol. The quantitative estimate of drug-likeness (QED) is 0.520. The SMILES string of the molecule is Cc1ccc2nc(-c3ccc(F)c(C)c3)c(CC(=O)Nc3ccccc3C)n2c1. The van der Waals surface area contributed by atoms with Gasteiger partial charge in [0, 0.05) is 17.4 Å². The molecule has 5 heteroatoms. The molecular weight excluding hydrogens is 365 g/mol.